The van der Waals surface area contributed by atoms with Gasteiger partial charge in [0.25, 0.3) is 0 Å². The summed E-state index contributed by atoms with van der Waals surface area (Å²) in [7, 11) is 0. The number of amides is 1. The van der Waals surface area contributed by atoms with Crippen LogP contribution in [0.3, 0.4) is 0 Å². The van der Waals surface area contributed by atoms with E-state index >= 15 is 0 Å². The van der Waals surface area contributed by atoms with Gasteiger partial charge in [-0.15, -0.1) is 0 Å². The fourth-order valence-corrected chi connectivity index (χ4v) is 1.84. The summed E-state index contributed by atoms with van der Waals surface area (Å²) in [6.45, 7) is 7.19. The number of esters is 1. The molecule has 1 aromatic carbocycles. The standard InChI is InChI=1S/C14H18N2O3/c1-8-12(17)16-10-7-5-6-9(11(10)15-8)13(18)19-14(2,3)4/h5-8,15H,1-4H3,(H,16,17). The molecule has 1 heterocycles. The van der Waals surface area contributed by atoms with Crippen molar-refractivity contribution in [3.63, 3.8) is 0 Å². The maximum Gasteiger partial charge on any atom is 0.340 e. The highest BCUT2D eigenvalue weighted by atomic mass is 16.6. The fourth-order valence-electron chi connectivity index (χ4n) is 1.84. The van der Waals surface area contributed by atoms with E-state index in [0.29, 0.717) is 16.9 Å². The van der Waals surface area contributed by atoms with E-state index in [1.54, 1.807) is 25.1 Å². The van der Waals surface area contributed by atoms with Gasteiger partial charge in [0.15, 0.2) is 0 Å². The highest BCUT2D eigenvalue weighted by molar-refractivity contribution is 6.08. The van der Waals surface area contributed by atoms with E-state index in [0.717, 1.165) is 0 Å². The van der Waals surface area contributed by atoms with Crippen molar-refractivity contribution in [1.82, 2.24) is 0 Å². The summed E-state index contributed by atoms with van der Waals surface area (Å²) in [5.74, 6) is -0.519. The minimum Gasteiger partial charge on any atom is -0.456 e. The quantitative estimate of drug-likeness (QED) is 0.763. The first kappa shape index (κ1) is 13.4. The third-order valence-electron chi connectivity index (χ3n) is 2.70. The molecule has 19 heavy (non-hydrogen) atoms. The summed E-state index contributed by atoms with van der Waals surface area (Å²) in [4.78, 5) is 23.7. The van der Waals surface area contributed by atoms with Crippen LogP contribution in [0.1, 0.15) is 38.1 Å². The highest BCUT2D eigenvalue weighted by Crippen LogP contribution is 2.31. The molecule has 0 saturated carbocycles. The zero-order valence-corrected chi connectivity index (χ0v) is 11.5. The molecule has 1 aromatic rings. The Morgan fingerprint density at radius 3 is 2.63 bits per heavy atom. The molecular weight excluding hydrogens is 244 g/mol. The molecule has 0 spiro atoms. The van der Waals surface area contributed by atoms with E-state index in [2.05, 4.69) is 10.6 Å². The molecule has 2 N–H and O–H groups in total. The van der Waals surface area contributed by atoms with E-state index in [9.17, 15) is 9.59 Å². The Bertz CT molecular complexity index is 532. The lowest BCUT2D eigenvalue weighted by molar-refractivity contribution is -0.116. The SMILES string of the molecule is CC1Nc2c(cccc2C(=O)OC(C)(C)C)NC1=O. The lowest BCUT2D eigenvalue weighted by Crippen LogP contribution is -2.37. The first-order chi connectivity index (χ1) is 8.78. The van der Waals surface area contributed by atoms with Crippen molar-refractivity contribution in [2.45, 2.75) is 39.3 Å². The predicted octanol–water partition coefficient (Wildman–Crippen LogP) is 2.39. The third-order valence-corrected chi connectivity index (χ3v) is 2.70. The lowest BCUT2D eigenvalue weighted by atomic mass is 10.1. The smallest absolute Gasteiger partial charge is 0.340 e. The Morgan fingerprint density at radius 1 is 1.32 bits per heavy atom. The predicted molar refractivity (Wildman–Crippen MR) is 73.3 cm³/mol. The van der Waals surface area contributed by atoms with Crippen LogP contribution in [0, 0.1) is 0 Å². The second kappa shape index (κ2) is 4.57. The minimum absolute atomic E-state index is 0.117. The van der Waals surface area contributed by atoms with E-state index in [-0.39, 0.29) is 11.9 Å². The van der Waals surface area contributed by atoms with Gasteiger partial charge >= 0.3 is 5.97 Å². The maximum atomic E-state index is 12.1. The molecule has 2 rings (SSSR count). The molecule has 1 atom stereocenters. The summed E-state index contributed by atoms with van der Waals surface area (Å²) >= 11 is 0. The summed E-state index contributed by atoms with van der Waals surface area (Å²) in [5, 5.41) is 5.79. The zero-order valence-electron chi connectivity index (χ0n) is 11.5. The molecule has 5 nitrogen and oxygen atoms in total. The Balaban J connectivity index is 2.36. The average Bonchev–Trinajstić information content (AvgIpc) is 2.27. The Kier molecular flexibility index (Phi) is 3.22. The van der Waals surface area contributed by atoms with Gasteiger partial charge < -0.3 is 15.4 Å². The van der Waals surface area contributed by atoms with Crippen molar-refractivity contribution >= 4 is 23.3 Å². The van der Waals surface area contributed by atoms with Crippen LogP contribution in [-0.4, -0.2) is 23.5 Å². The van der Waals surface area contributed by atoms with Crippen molar-refractivity contribution in [1.29, 1.82) is 0 Å². The second-order valence-corrected chi connectivity index (χ2v) is 5.59. The molecule has 1 aliphatic rings. The highest BCUT2D eigenvalue weighted by Gasteiger charge is 2.27. The summed E-state index contributed by atoms with van der Waals surface area (Å²) in [5.41, 5.74) is 1.10. The monoisotopic (exact) mass is 262 g/mol. The van der Waals surface area contributed by atoms with E-state index in [1.165, 1.54) is 0 Å². The van der Waals surface area contributed by atoms with E-state index < -0.39 is 11.6 Å². The van der Waals surface area contributed by atoms with Crippen LogP contribution in [0.15, 0.2) is 18.2 Å². The number of fused-ring (bicyclic) bond motifs is 1. The van der Waals surface area contributed by atoms with Crippen molar-refractivity contribution < 1.29 is 14.3 Å². The van der Waals surface area contributed by atoms with E-state index in [4.69, 9.17) is 4.74 Å². The van der Waals surface area contributed by atoms with Crippen molar-refractivity contribution in [2.24, 2.45) is 0 Å². The minimum atomic E-state index is -0.552. The van der Waals surface area contributed by atoms with Gasteiger partial charge in [0, 0.05) is 0 Å². The zero-order chi connectivity index (χ0) is 14.2. The number of carbonyl (C=O) groups is 2. The number of hydrogen-bond acceptors (Lipinski definition) is 4. The number of hydrogen-bond donors (Lipinski definition) is 2. The van der Waals surface area contributed by atoms with Crippen LogP contribution in [0.2, 0.25) is 0 Å². The number of anilines is 2. The van der Waals surface area contributed by atoms with Gasteiger partial charge in [-0.1, -0.05) is 6.07 Å². The van der Waals surface area contributed by atoms with Gasteiger partial charge in [-0.2, -0.15) is 0 Å². The van der Waals surface area contributed by atoms with Gasteiger partial charge in [-0.3, -0.25) is 4.79 Å². The Labute approximate surface area is 112 Å². The number of ether oxygens (including phenoxy) is 1. The Hall–Kier alpha value is -2.04. The lowest BCUT2D eigenvalue weighted by Gasteiger charge is -2.27. The van der Waals surface area contributed by atoms with Crippen LogP contribution in [0.25, 0.3) is 0 Å². The molecule has 0 aliphatic carbocycles. The molecule has 5 heteroatoms. The number of rotatable bonds is 1. The first-order valence-electron chi connectivity index (χ1n) is 6.22. The van der Waals surface area contributed by atoms with Crippen molar-refractivity contribution in [3.8, 4) is 0 Å². The Morgan fingerprint density at radius 2 is 2.00 bits per heavy atom. The molecular formula is C14H18N2O3. The van der Waals surface area contributed by atoms with Gasteiger partial charge in [-0.05, 0) is 39.8 Å². The molecule has 0 fully saturated rings. The fraction of sp³-hybridized carbons (Fsp3) is 0.429. The molecule has 1 amide bonds. The van der Waals surface area contributed by atoms with Crippen LogP contribution in [0.4, 0.5) is 11.4 Å². The molecule has 0 radical (unpaired) electrons. The topological polar surface area (TPSA) is 67.4 Å². The number of nitrogens with one attached hydrogen (secondary N) is 2. The largest absolute Gasteiger partial charge is 0.456 e. The van der Waals surface area contributed by atoms with Crippen molar-refractivity contribution in [3.05, 3.63) is 23.8 Å². The summed E-state index contributed by atoms with van der Waals surface area (Å²) < 4.78 is 5.36. The van der Waals surface area contributed by atoms with Gasteiger partial charge in [0.05, 0.1) is 16.9 Å². The number of benzene rings is 1. The second-order valence-electron chi connectivity index (χ2n) is 5.59. The molecule has 1 unspecified atom stereocenters. The van der Waals surface area contributed by atoms with Crippen LogP contribution < -0.4 is 10.6 Å². The third kappa shape index (κ3) is 2.86. The maximum absolute atomic E-state index is 12.1. The number of carbonyl (C=O) groups excluding carboxylic acids is 2. The molecule has 102 valence electrons. The van der Waals surface area contributed by atoms with Gasteiger partial charge in [0.2, 0.25) is 5.91 Å². The number of para-hydroxylation sites is 1. The van der Waals surface area contributed by atoms with E-state index in [1.807, 2.05) is 20.8 Å². The average molecular weight is 262 g/mol. The normalized spacial score (nSPS) is 18.1. The summed E-state index contributed by atoms with van der Waals surface area (Å²) in [6, 6.07) is 4.77. The molecule has 1 aliphatic heterocycles. The van der Waals surface area contributed by atoms with Gasteiger partial charge in [-0.25, -0.2) is 4.79 Å². The molecule has 0 saturated heterocycles. The van der Waals surface area contributed by atoms with Crippen molar-refractivity contribution in [2.75, 3.05) is 10.6 Å². The van der Waals surface area contributed by atoms with Gasteiger partial charge in [0.1, 0.15) is 11.6 Å². The van der Waals surface area contributed by atoms with Crippen LogP contribution in [0.5, 0.6) is 0 Å². The first-order valence-corrected chi connectivity index (χ1v) is 6.22. The molecule has 0 aromatic heterocycles. The molecule has 0 bridgehead atoms. The van der Waals surface area contributed by atoms with Crippen LogP contribution in [-0.2, 0) is 9.53 Å². The van der Waals surface area contributed by atoms with Crippen LogP contribution >= 0.6 is 0 Å². The summed E-state index contributed by atoms with van der Waals surface area (Å²) in [6.07, 6.45) is 0.